The van der Waals surface area contributed by atoms with Crippen molar-refractivity contribution in [3.8, 4) is 11.5 Å². The van der Waals surface area contributed by atoms with Crippen molar-refractivity contribution in [1.82, 2.24) is 24.1 Å². The first-order valence-electron chi connectivity index (χ1n) is 9.00. The van der Waals surface area contributed by atoms with Gasteiger partial charge in [0.15, 0.2) is 11.6 Å². The molecule has 0 radical (unpaired) electrons. The van der Waals surface area contributed by atoms with Gasteiger partial charge in [-0.05, 0) is 25.0 Å². The van der Waals surface area contributed by atoms with Crippen LogP contribution in [0.25, 0.3) is 11.5 Å². The Hall–Kier alpha value is -2.04. The third-order valence-electron chi connectivity index (χ3n) is 5.73. The van der Waals surface area contributed by atoms with E-state index in [9.17, 15) is 13.5 Å². The number of nitrogens with zero attached hydrogens (tertiary/aromatic N) is 6. The highest BCUT2D eigenvalue weighted by Gasteiger charge is 2.46. The first kappa shape index (κ1) is 18.3. The average molecular weight is 392 g/mol. The number of hydrogen-bond donors (Lipinski definition) is 1. The van der Waals surface area contributed by atoms with Gasteiger partial charge in [0, 0.05) is 51.5 Å². The van der Waals surface area contributed by atoms with E-state index in [0.717, 1.165) is 11.6 Å². The lowest BCUT2D eigenvalue weighted by Crippen LogP contribution is -2.60. The largest absolute Gasteiger partial charge is 0.389 e. The first-order valence-corrected chi connectivity index (χ1v) is 10.8. The number of piperidine rings is 2. The summed E-state index contributed by atoms with van der Waals surface area (Å²) in [6.07, 6.45) is 5.86. The molecule has 4 heterocycles. The highest BCUT2D eigenvalue weighted by atomic mass is 32.2. The lowest BCUT2D eigenvalue weighted by Gasteiger charge is -2.49. The highest BCUT2D eigenvalue weighted by molar-refractivity contribution is 7.88. The first-order chi connectivity index (χ1) is 12.8. The van der Waals surface area contributed by atoms with Gasteiger partial charge in [-0.15, -0.1) is 10.2 Å². The second-order valence-corrected chi connectivity index (χ2v) is 9.49. The van der Waals surface area contributed by atoms with Gasteiger partial charge in [-0.1, -0.05) is 0 Å². The zero-order valence-corrected chi connectivity index (χ0v) is 16.3. The molecule has 2 aliphatic rings. The van der Waals surface area contributed by atoms with Crippen LogP contribution in [-0.2, 0) is 17.1 Å². The van der Waals surface area contributed by atoms with Gasteiger partial charge < -0.3 is 14.6 Å². The SMILES string of the molecule is Cn1ccnc1-c1ccc(N2CC[C@@]3(O)CCN(S(C)(=O)=O)C[C@H]3C2)nn1. The molecule has 2 aromatic heterocycles. The Morgan fingerprint density at radius 2 is 1.96 bits per heavy atom. The Labute approximate surface area is 158 Å². The van der Waals surface area contributed by atoms with Gasteiger partial charge >= 0.3 is 0 Å². The number of rotatable bonds is 3. The summed E-state index contributed by atoms with van der Waals surface area (Å²) in [7, 11) is -1.35. The molecule has 9 nitrogen and oxygen atoms in total. The van der Waals surface area contributed by atoms with Crippen molar-refractivity contribution in [3.63, 3.8) is 0 Å². The predicted octanol–water partition coefficient (Wildman–Crippen LogP) is 0.0998. The van der Waals surface area contributed by atoms with Crippen LogP contribution >= 0.6 is 0 Å². The minimum absolute atomic E-state index is 0.147. The molecule has 146 valence electrons. The van der Waals surface area contributed by atoms with Crippen LogP contribution in [0.2, 0.25) is 0 Å². The smallest absolute Gasteiger partial charge is 0.211 e. The monoisotopic (exact) mass is 392 g/mol. The summed E-state index contributed by atoms with van der Waals surface area (Å²) >= 11 is 0. The van der Waals surface area contributed by atoms with E-state index in [0.29, 0.717) is 44.7 Å². The Morgan fingerprint density at radius 3 is 2.59 bits per heavy atom. The minimum Gasteiger partial charge on any atom is -0.389 e. The molecule has 2 fully saturated rings. The molecule has 2 saturated heterocycles. The van der Waals surface area contributed by atoms with E-state index in [1.165, 1.54) is 10.6 Å². The van der Waals surface area contributed by atoms with Gasteiger partial charge in [0.25, 0.3) is 0 Å². The quantitative estimate of drug-likeness (QED) is 0.790. The van der Waals surface area contributed by atoms with Gasteiger partial charge in [-0.3, -0.25) is 0 Å². The Morgan fingerprint density at radius 1 is 1.19 bits per heavy atom. The van der Waals surface area contributed by atoms with Crippen molar-refractivity contribution < 1.29 is 13.5 Å². The number of hydrogen-bond acceptors (Lipinski definition) is 7. The maximum Gasteiger partial charge on any atom is 0.211 e. The van der Waals surface area contributed by atoms with Crippen molar-refractivity contribution in [2.75, 3.05) is 37.3 Å². The zero-order valence-electron chi connectivity index (χ0n) is 15.5. The standard InChI is InChI=1S/C17H24N6O3S/c1-21-10-7-18-16(21)14-3-4-15(20-19-14)22-8-5-17(24)6-9-23(27(2,25)26)12-13(17)11-22/h3-4,7,10,13,24H,5-6,8-9,11-12H2,1-2H3/t13-,17-/m1/s1. The molecule has 1 N–H and O–H groups in total. The number of anilines is 1. The Balaban J connectivity index is 1.51. The van der Waals surface area contributed by atoms with Crippen LogP contribution < -0.4 is 4.90 Å². The maximum atomic E-state index is 11.9. The van der Waals surface area contributed by atoms with E-state index in [1.807, 2.05) is 29.9 Å². The molecule has 0 unspecified atom stereocenters. The molecule has 2 atom stereocenters. The Bertz CT molecular complexity index is 928. The van der Waals surface area contributed by atoms with E-state index in [-0.39, 0.29) is 5.92 Å². The molecule has 2 aromatic rings. The average Bonchev–Trinajstić information content (AvgIpc) is 3.06. The van der Waals surface area contributed by atoms with Crippen molar-refractivity contribution in [2.24, 2.45) is 13.0 Å². The molecule has 2 aliphatic heterocycles. The predicted molar refractivity (Wildman–Crippen MR) is 101 cm³/mol. The van der Waals surface area contributed by atoms with Crippen LogP contribution in [0.15, 0.2) is 24.5 Å². The summed E-state index contributed by atoms with van der Waals surface area (Å²) < 4.78 is 27.1. The summed E-state index contributed by atoms with van der Waals surface area (Å²) in [5.74, 6) is 1.33. The highest BCUT2D eigenvalue weighted by Crippen LogP contribution is 2.37. The molecule has 0 saturated carbocycles. The fourth-order valence-corrected chi connectivity index (χ4v) is 4.88. The number of fused-ring (bicyclic) bond motifs is 1. The number of imidazole rings is 1. The molecule has 0 amide bonds. The zero-order chi connectivity index (χ0) is 19.2. The van der Waals surface area contributed by atoms with E-state index in [2.05, 4.69) is 20.1 Å². The number of aryl methyl sites for hydroxylation is 1. The van der Waals surface area contributed by atoms with Gasteiger partial charge in [0.05, 0.1) is 11.9 Å². The second-order valence-electron chi connectivity index (χ2n) is 7.51. The molecular formula is C17H24N6O3S. The van der Waals surface area contributed by atoms with E-state index < -0.39 is 15.6 Å². The van der Waals surface area contributed by atoms with Crippen LogP contribution in [0, 0.1) is 5.92 Å². The number of aromatic nitrogens is 4. The van der Waals surface area contributed by atoms with E-state index in [1.54, 1.807) is 6.20 Å². The summed E-state index contributed by atoms with van der Waals surface area (Å²) in [4.78, 5) is 6.34. The summed E-state index contributed by atoms with van der Waals surface area (Å²) in [5.41, 5.74) is -0.112. The third kappa shape index (κ3) is 3.44. The van der Waals surface area contributed by atoms with Crippen LogP contribution in [0.1, 0.15) is 12.8 Å². The molecule has 27 heavy (non-hydrogen) atoms. The van der Waals surface area contributed by atoms with E-state index >= 15 is 0 Å². The topological polar surface area (TPSA) is 104 Å². The summed E-state index contributed by atoms with van der Waals surface area (Å²) in [6.45, 7) is 1.94. The maximum absolute atomic E-state index is 11.9. The molecule has 4 rings (SSSR count). The van der Waals surface area contributed by atoms with Crippen molar-refractivity contribution in [1.29, 1.82) is 0 Å². The minimum atomic E-state index is -3.25. The number of sulfonamides is 1. The van der Waals surface area contributed by atoms with E-state index in [4.69, 9.17) is 0 Å². The summed E-state index contributed by atoms with van der Waals surface area (Å²) in [6, 6.07) is 3.79. The fraction of sp³-hybridized carbons (Fsp3) is 0.588. The Kier molecular flexibility index (Phi) is 4.44. The molecule has 10 heteroatoms. The molecule has 0 spiro atoms. The van der Waals surface area contributed by atoms with Crippen molar-refractivity contribution in [3.05, 3.63) is 24.5 Å². The van der Waals surface area contributed by atoms with Gasteiger partial charge in [0.2, 0.25) is 10.0 Å². The van der Waals surface area contributed by atoms with Crippen LogP contribution in [-0.4, -0.2) is 75.6 Å². The van der Waals surface area contributed by atoms with Gasteiger partial charge in [-0.25, -0.2) is 17.7 Å². The second kappa shape index (κ2) is 6.54. The lowest BCUT2D eigenvalue weighted by molar-refractivity contribution is -0.0688. The molecule has 0 bridgehead atoms. The lowest BCUT2D eigenvalue weighted by atomic mass is 9.76. The fourth-order valence-electron chi connectivity index (χ4n) is 4.01. The molecular weight excluding hydrogens is 368 g/mol. The van der Waals surface area contributed by atoms with Gasteiger partial charge in [-0.2, -0.15) is 0 Å². The van der Waals surface area contributed by atoms with Crippen LogP contribution in [0.3, 0.4) is 0 Å². The molecule has 0 aliphatic carbocycles. The van der Waals surface area contributed by atoms with Crippen LogP contribution in [0.4, 0.5) is 5.82 Å². The number of aliphatic hydroxyl groups is 1. The molecule has 0 aromatic carbocycles. The third-order valence-corrected chi connectivity index (χ3v) is 7.00. The van der Waals surface area contributed by atoms with Crippen LogP contribution in [0.5, 0.6) is 0 Å². The van der Waals surface area contributed by atoms with Gasteiger partial charge in [0.1, 0.15) is 5.69 Å². The normalized spacial score (nSPS) is 26.8. The van der Waals surface area contributed by atoms with Crippen molar-refractivity contribution >= 4 is 15.8 Å². The summed E-state index contributed by atoms with van der Waals surface area (Å²) in [5, 5.41) is 19.6. The van der Waals surface area contributed by atoms with Crippen molar-refractivity contribution in [2.45, 2.75) is 18.4 Å².